The highest BCUT2D eigenvalue weighted by Gasteiger charge is 2.17. The van der Waals surface area contributed by atoms with Crippen LogP contribution in [0.4, 0.5) is 10.1 Å². The molecule has 0 N–H and O–H groups in total. The van der Waals surface area contributed by atoms with Gasteiger partial charge < -0.3 is 9.64 Å². The van der Waals surface area contributed by atoms with E-state index in [0.717, 1.165) is 6.07 Å². The summed E-state index contributed by atoms with van der Waals surface area (Å²) >= 11 is 3.10. The van der Waals surface area contributed by atoms with E-state index in [1.54, 1.807) is 31.3 Å². The molecule has 0 aliphatic carbocycles. The van der Waals surface area contributed by atoms with E-state index < -0.39 is 24.3 Å². The van der Waals surface area contributed by atoms with Gasteiger partial charge in [0.1, 0.15) is 5.82 Å². The van der Waals surface area contributed by atoms with E-state index in [1.165, 1.54) is 17.0 Å². The van der Waals surface area contributed by atoms with E-state index >= 15 is 0 Å². The molecular weight excluding hydrogens is 353 g/mol. The quantitative estimate of drug-likeness (QED) is 0.780. The number of benzene rings is 2. The van der Waals surface area contributed by atoms with E-state index in [0.29, 0.717) is 10.2 Å². The summed E-state index contributed by atoms with van der Waals surface area (Å²) in [6.45, 7) is -0.459. The Morgan fingerprint density at radius 2 is 1.86 bits per heavy atom. The first-order valence-corrected chi connectivity index (χ1v) is 7.22. The Hall–Kier alpha value is -2.21. The van der Waals surface area contributed by atoms with Crippen LogP contribution in [-0.4, -0.2) is 25.5 Å². The number of esters is 1. The number of halogens is 2. The van der Waals surface area contributed by atoms with E-state index in [2.05, 4.69) is 15.9 Å². The van der Waals surface area contributed by atoms with Gasteiger partial charge in [-0.05, 0) is 30.3 Å². The predicted octanol–water partition coefficient (Wildman–Crippen LogP) is 3.41. The molecule has 0 aliphatic heterocycles. The zero-order valence-corrected chi connectivity index (χ0v) is 13.3. The molecule has 0 atom stereocenters. The lowest BCUT2D eigenvalue weighted by atomic mass is 10.2. The lowest BCUT2D eigenvalue weighted by molar-refractivity contribution is -0.121. The van der Waals surface area contributed by atoms with Crippen LogP contribution in [0.3, 0.4) is 0 Å². The molecule has 0 fully saturated rings. The van der Waals surface area contributed by atoms with Crippen LogP contribution in [0.1, 0.15) is 10.4 Å². The molecule has 2 aromatic rings. The maximum atomic E-state index is 13.6. The Balaban J connectivity index is 1.97. The van der Waals surface area contributed by atoms with Gasteiger partial charge in [-0.1, -0.05) is 34.1 Å². The number of carbonyl (C=O) groups excluding carboxylic acids is 2. The van der Waals surface area contributed by atoms with Gasteiger partial charge in [0.15, 0.2) is 6.61 Å². The molecule has 0 spiro atoms. The molecule has 4 nitrogen and oxygen atoms in total. The fraction of sp³-hybridized carbons (Fsp3) is 0.125. The first-order valence-electron chi connectivity index (χ1n) is 6.43. The van der Waals surface area contributed by atoms with Crippen LogP contribution in [0, 0.1) is 5.82 Å². The van der Waals surface area contributed by atoms with Crippen molar-refractivity contribution in [3.05, 3.63) is 64.4 Å². The number of hydrogen-bond donors (Lipinski definition) is 0. The number of ether oxygens (including phenoxy) is 1. The van der Waals surface area contributed by atoms with Gasteiger partial charge in [0.2, 0.25) is 0 Å². The van der Waals surface area contributed by atoms with Gasteiger partial charge in [-0.3, -0.25) is 4.79 Å². The second-order valence-corrected chi connectivity index (χ2v) is 5.40. The van der Waals surface area contributed by atoms with Crippen LogP contribution in [0.15, 0.2) is 53.0 Å². The molecule has 0 heterocycles. The molecular formula is C16H13BrFNO3. The predicted molar refractivity (Wildman–Crippen MR) is 84.2 cm³/mol. The zero-order chi connectivity index (χ0) is 16.1. The largest absolute Gasteiger partial charge is 0.452 e. The molecule has 0 unspecified atom stereocenters. The number of likely N-dealkylation sites (N-methyl/N-ethyl adjacent to an activating group) is 1. The summed E-state index contributed by atoms with van der Waals surface area (Å²) in [5.74, 6) is -1.99. The number of hydrogen-bond acceptors (Lipinski definition) is 3. The summed E-state index contributed by atoms with van der Waals surface area (Å²) < 4.78 is 19.0. The molecule has 6 heteroatoms. The normalized spacial score (nSPS) is 10.1. The summed E-state index contributed by atoms with van der Waals surface area (Å²) in [5.41, 5.74) is 0.469. The lowest BCUT2D eigenvalue weighted by Crippen LogP contribution is -2.31. The molecule has 114 valence electrons. The van der Waals surface area contributed by atoms with Gasteiger partial charge >= 0.3 is 5.97 Å². The molecule has 0 saturated heterocycles. The molecule has 0 aliphatic rings. The highest BCUT2D eigenvalue weighted by atomic mass is 79.9. The molecule has 0 aromatic heterocycles. The van der Waals surface area contributed by atoms with Gasteiger partial charge in [0.05, 0.1) is 5.56 Å². The average Bonchev–Trinajstić information content (AvgIpc) is 2.52. The fourth-order valence-corrected chi connectivity index (χ4v) is 2.09. The molecule has 1 amide bonds. The van der Waals surface area contributed by atoms with Crippen molar-refractivity contribution in [2.45, 2.75) is 0 Å². The average molecular weight is 366 g/mol. The first kappa shape index (κ1) is 16.2. The van der Waals surface area contributed by atoms with Gasteiger partial charge in [-0.25, -0.2) is 9.18 Å². The summed E-state index contributed by atoms with van der Waals surface area (Å²) in [6.07, 6.45) is 0. The highest BCUT2D eigenvalue weighted by molar-refractivity contribution is 9.10. The number of amides is 1. The van der Waals surface area contributed by atoms with Crippen molar-refractivity contribution in [2.24, 2.45) is 0 Å². The maximum absolute atomic E-state index is 13.6. The topological polar surface area (TPSA) is 46.6 Å². The zero-order valence-electron chi connectivity index (χ0n) is 11.8. The molecule has 0 bridgehead atoms. The van der Waals surface area contributed by atoms with Crippen LogP contribution in [-0.2, 0) is 9.53 Å². The smallest absolute Gasteiger partial charge is 0.341 e. The summed E-state index contributed by atoms with van der Waals surface area (Å²) in [5, 5.41) is 0. The monoisotopic (exact) mass is 365 g/mol. The third-order valence-electron chi connectivity index (χ3n) is 3.00. The second-order valence-electron chi connectivity index (χ2n) is 4.49. The number of para-hydroxylation sites is 1. The summed E-state index contributed by atoms with van der Waals surface area (Å²) in [7, 11) is 1.58. The molecule has 0 saturated carbocycles. The fourth-order valence-electron chi connectivity index (χ4n) is 1.75. The number of anilines is 1. The van der Waals surface area contributed by atoms with Crippen molar-refractivity contribution >= 4 is 33.5 Å². The second kappa shape index (κ2) is 7.17. The highest BCUT2D eigenvalue weighted by Crippen LogP contribution is 2.16. The standard InChI is InChI=1S/C16H13BrFNO3/c1-19(12-5-3-2-4-6-12)15(20)10-22-16(21)13-8-7-11(17)9-14(13)18/h2-9H,10H2,1H3. The van der Waals surface area contributed by atoms with Crippen molar-refractivity contribution < 1.29 is 18.7 Å². The Bertz CT molecular complexity index is 691. The Labute approximate surface area is 135 Å². The third-order valence-corrected chi connectivity index (χ3v) is 3.49. The summed E-state index contributed by atoms with van der Waals surface area (Å²) in [4.78, 5) is 25.1. The van der Waals surface area contributed by atoms with E-state index in [9.17, 15) is 14.0 Å². The number of carbonyl (C=O) groups is 2. The van der Waals surface area contributed by atoms with Crippen LogP contribution in [0.2, 0.25) is 0 Å². The Morgan fingerprint density at radius 3 is 2.50 bits per heavy atom. The van der Waals surface area contributed by atoms with Gasteiger partial charge in [0, 0.05) is 17.2 Å². The van der Waals surface area contributed by atoms with Crippen molar-refractivity contribution in [3.63, 3.8) is 0 Å². The minimum Gasteiger partial charge on any atom is -0.452 e. The third kappa shape index (κ3) is 3.92. The van der Waals surface area contributed by atoms with E-state index in [1.807, 2.05) is 6.07 Å². The number of rotatable bonds is 4. The van der Waals surface area contributed by atoms with E-state index in [4.69, 9.17) is 4.74 Å². The summed E-state index contributed by atoms with van der Waals surface area (Å²) in [6, 6.07) is 12.9. The van der Waals surface area contributed by atoms with Crippen molar-refractivity contribution in [1.29, 1.82) is 0 Å². The number of nitrogens with zero attached hydrogens (tertiary/aromatic N) is 1. The first-order chi connectivity index (χ1) is 10.5. The maximum Gasteiger partial charge on any atom is 0.341 e. The SMILES string of the molecule is CN(C(=O)COC(=O)c1ccc(Br)cc1F)c1ccccc1. The van der Waals surface area contributed by atoms with Crippen molar-refractivity contribution in [2.75, 3.05) is 18.6 Å². The van der Waals surface area contributed by atoms with Crippen molar-refractivity contribution in [1.82, 2.24) is 0 Å². The molecule has 0 radical (unpaired) electrons. The molecule has 2 aromatic carbocycles. The Morgan fingerprint density at radius 1 is 1.18 bits per heavy atom. The van der Waals surface area contributed by atoms with Crippen molar-refractivity contribution in [3.8, 4) is 0 Å². The van der Waals surface area contributed by atoms with Crippen LogP contribution < -0.4 is 4.90 Å². The Kier molecular flexibility index (Phi) is 5.27. The van der Waals surface area contributed by atoms with Crippen LogP contribution >= 0.6 is 15.9 Å². The lowest BCUT2D eigenvalue weighted by Gasteiger charge is -2.17. The minimum absolute atomic E-state index is 0.210. The molecule has 2 rings (SSSR count). The minimum atomic E-state index is -0.875. The van der Waals surface area contributed by atoms with Crippen LogP contribution in [0.5, 0.6) is 0 Å². The van der Waals surface area contributed by atoms with E-state index in [-0.39, 0.29) is 5.56 Å². The molecule has 22 heavy (non-hydrogen) atoms. The van der Waals surface area contributed by atoms with Gasteiger partial charge in [0.25, 0.3) is 5.91 Å². The van der Waals surface area contributed by atoms with Gasteiger partial charge in [-0.2, -0.15) is 0 Å². The van der Waals surface area contributed by atoms with Crippen LogP contribution in [0.25, 0.3) is 0 Å². The van der Waals surface area contributed by atoms with Gasteiger partial charge in [-0.15, -0.1) is 0 Å².